The van der Waals surface area contributed by atoms with Crippen molar-refractivity contribution in [1.82, 2.24) is 0 Å². The molecular formula is C36H54O11. The van der Waals surface area contributed by atoms with Crippen molar-refractivity contribution in [2.24, 2.45) is 45.3 Å². The Morgan fingerprint density at radius 1 is 0.957 bits per heavy atom. The Balaban J connectivity index is 1.35. The van der Waals surface area contributed by atoms with Crippen LogP contribution in [-0.2, 0) is 23.8 Å². The molecule has 4 fully saturated rings. The molecule has 11 nitrogen and oxygen atoms in total. The number of ether oxygens (including phenoxy) is 3. The molecule has 0 spiro atoms. The van der Waals surface area contributed by atoms with Gasteiger partial charge >= 0.3 is 0 Å². The number of allylic oxidation sites excluding steroid dienone is 2. The third-order valence-electron chi connectivity index (χ3n) is 14.0. The van der Waals surface area contributed by atoms with Gasteiger partial charge in [-0.15, -0.1) is 0 Å². The lowest BCUT2D eigenvalue weighted by atomic mass is 9.38. The molecule has 6 N–H and O–H groups in total. The van der Waals surface area contributed by atoms with Gasteiger partial charge in [-0.05, 0) is 48.9 Å². The van der Waals surface area contributed by atoms with E-state index in [2.05, 4.69) is 13.0 Å². The molecule has 0 amide bonds. The van der Waals surface area contributed by atoms with E-state index < -0.39 is 88.8 Å². The Kier molecular flexibility index (Phi) is 8.34. The van der Waals surface area contributed by atoms with E-state index in [1.165, 1.54) is 0 Å². The minimum Gasteiger partial charge on any atom is -0.483 e. The van der Waals surface area contributed by atoms with Gasteiger partial charge in [-0.2, -0.15) is 0 Å². The summed E-state index contributed by atoms with van der Waals surface area (Å²) in [5, 5.41) is 64.5. The molecule has 0 unspecified atom stereocenters. The van der Waals surface area contributed by atoms with E-state index >= 15 is 0 Å². The lowest BCUT2D eigenvalue weighted by Gasteiger charge is -2.65. The van der Waals surface area contributed by atoms with E-state index in [1.54, 1.807) is 13.0 Å². The predicted molar refractivity (Wildman–Crippen MR) is 168 cm³/mol. The van der Waals surface area contributed by atoms with Gasteiger partial charge in [0, 0.05) is 35.2 Å². The SMILES string of the molecule is CC(C)C1=CC(=O)[C@](C)([C@H]2[C@H](O)C[C@@]3(C)[C@@H]4CC=C5[C@@H](C[C@H](O[C@@H]6O[C@H](CO)[C@@H](O)[C@H](O)[C@H]6O)[C@@H](O)C5(C)C)[C@]4(C)C(=O)C[C@]23C)O1. The van der Waals surface area contributed by atoms with E-state index in [0.29, 0.717) is 18.6 Å². The predicted octanol–water partition coefficient (Wildman–Crippen LogP) is 1.80. The van der Waals surface area contributed by atoms with Crippen LogP contribution in [0.4, 0.5) is 0 Å². The highest BCUT2D eigenvalue weighted by Gasteiger charge is 2.75. The largest absolute Gasteiger partial charge is 0.483 e. The maximum Gasteiger partial charge on any atom is 0.202 e. The number of rotatable bonds is 5. The van der Waals surface area contributed by atoms with Crippen molar-refractivity contribution >= 4 is 11.6 Å². The summed E-state index contributed by atoms with van der Waals surface area (Å²) in [4.78, 5) is 28.4. The standard InChI is InChI=1S/C36H54O11/c1-16(2)20-12-24(39)36(8,47-20)29-19(38)13-33(5)23-10-9-17-18(35(23,7)25(40)14-34(29,33)6)11-21(30(44)32(17,3)4)45-31-28(43)27(42)26(41)22(15-37)46-31/h9,12,16,18-19,21-23,26-31,37-38,41-44H,10-11,13-15H2,1-8H3/t18-,19-,21+,22-,23+,26-,27+,28-,29+,30-,31-,33+,34-,35+,36-/m1/s1. The fraction of sp³-hybridized carbons (Fsp3) is 0.833. The molecule has 0 aromatic heterocycles. The number of fused-ring (bicyclic) bond motifs is 5. The van der Waals surface area contributed by atoms with Crippen LogP contribution >= 0.6 is 0 Å². The van der Waals surface area contributed by atoms with E-state index in [0.717, 1.165) is 5.57 Å². The van der Waals surface area contributed by atoms with Crippen molar-refractivity contribution in [1.29, 1.82) is 0 Å². The first-order valence-electron chi connectivity index (χ1n) is 17.2. The van der Waals surface area contributed by atoms with Crippen LogP contribution in [-0.4, -0.2) is 103 Å². The summed E-state index contributed by atoms with van der Waals surface area (Å²) in [6, 6.07) is 0. The normalized spacial score (nSPS) is 52.4. The van der Waals surface area contributed by atoms with Crippen molar-refractivity contribution in [3.63, 3.8) is 0 Å². The van der Waals surface area contributed by atoms with Crippen LogP contribution in [0, 0.1) is 45.3 Å². The van der Waals surface area contributed by atoms with Crippen molar-refractivity contribution in [3.8, 4) is 0 Å². The third-order valence-corrected chi connectivity index (χ3v) is 14.0. The molecule has 264 valence electrons. The Morgan fingerprint density at radius 2 is 1.62 bits per heavy atom. The number of Topliss-reactive ketones (excluding diaryl/α,β-unsaturated/α-hetero) is 1. The molecule has 6 rings (SSSR count). The van der Waals surface area contributed by atoms with E-state index in [4.69, 9.17) is 14.2 Å². The van der Waals surface area contributed by atoms with Crippen LogP contribution in [0.2, 0.25) is 0 Å². The molecule has 0 aromatic carbocycles. The Labute approximate surface area is 277 Å². The molecule has 2 aliphatic heterocycles. The number of aliphatic hydroxyl groups excluding tert-OH is 6. The third kappa shape index (κ3) is 4.60. The monoisotopic (exact) mass is 662 g/mol. The second kappa shape index (κ2) is 11.2. The summed E-state index contributed by atoms with van der Waals surface area (Å²) in [7, 11) is 0. The molecular weight excluding hydrogens is 608 g/mol. The smallest absolute Gasteiger partial charge is 0.202 e. The first kappa shape index (κ1) is 35.1. The summed E-state index contributed by atoms with van der Waals surface area (Å²) >= 11 is 0. The van der Waals surface area contributed by atoms with Gasteiger partial charge in [-0.3, -0.25) is 9.59 Å². The number of carbonyl (C=O) groups excluding carboxylic acids is 2. The Morgan fingerprint density at radius 3 is 2.21 bits per heavy atom. The maximum absolute atomic E-state index is 14.8. The zero-order chi connectivity index (χ0) is 34.8. The van der Waals surface area contributed by atoms with E-state index in [-0.39, 0.29) is 42.2 Å². The topological polar surface area (TPSA) is 183 Å². The number of aliphatic hydroxyl groups is 6. The van der Waals surface area contributed by atoms with Gasteiger partial charge in [0.15, 0.2) is 11.9 Å². The molecule has 1 saturated heterocycles. The Bertz CT molecular complexity index is 1370. The quantitative estimate of drug-likeness (QED) is 0.236. The number of ketones is 2. The summed E-state index contributed by atoms with van der Waals surface area (Å²) in [6.07, 6.45) is -5.20. The van der Waals surface area contributed by atoms with Gasteiger partial charge in [0.25, 0.3) is 0 Å². The van der Waals surface area contributed by atoms with E-state index in [1.807, 2.05) is 41.5 Å². The second-order valence-electron chi connectivity index (χ2n) is 17.0. The van der Waals surface area contributed by atoms with E-state index in [9.17, 15) is 40.2 Å². The number of carbonyl (C=O) groups is 2. The minimum atomic E-state index is -1.63. The Hall–Kier alpha value is -1.70. The summed E-state index contributed by atoms with van der Waals surface area (Å²) in [6.45, 7) is 15.1. The molecule has 2 heterocycles. The minimum absolute atomic E-state index is 0.000146. The van der Waals surface area contributed by atoms with Gasteiger partial charge in [0.1, 0.15) is 36.0 Å². The van der Waals surface area contributed by atoms with Crippen LogP contribution in [0.3, 0.4) is 0 Å². The van der Waals surface area contributed by atoms with Gasteiger partial charge < -0.3 is 44.8 Å². The lowest BCUT2D eigenvalue weighted by molar-refractivity contribution is -0.323. The van der Waals surface area contributed by atoms with Crippen LogP contribution in [0.1, 0.15) is 81.1 Å². The average Bonchev–Trinajstić information content (AvgIpc) is 3.40. The van der Waals surface area contributed by atoms with Crippen LogP contribution in [0.5, 0.6) is 0 Å². The first-order valence-corrected chi connectivity index (χ1v) is 17.2. The highest BCUT2D eigenvalue weighted by Crippen LogP contribution is 2.74. The maximum atomic E-state index is 14.8. The zero-order valence-corrected chi connectivity index (χ0v) is 28.8. The lowest BCUT2D eigenvalue weighted by Crippen LogP contribution is -2.66. The molecule has 11 heteroatoms. The number of hydrogen-bond acceptors (Lipinski definition) is 11. The van der Waals surface area contributed by atoms with Crippen molar-refractivity contribution < 1.29 is 54.4 Å². The van der Waals surface area contributed by atoms with Crippen molar-refractivity contribution in [3.05, 3.63) is 23.5 Å². The van der Waals surface area contributed by atoms with Crippen molar-refractivity contribution in [2.75, 3.05) is 6.61 Å². The molecule has 6 aliphatic rings. The summed E-state index contributed by atoms with van der Waals surface area (Å²) in [5.41, 5.74) is -3.37. The summed E-state index contributed by atoms with van der Waals surface area (Å²) < 4.78 is 18.2. The fourth-order valence-corrected chi connectivity index (χ4v) is 11.1. The van der Waals surface area contributed by atoms with Crippen LogP contribution < -0.4 is 0 Å². The first-order chi connectivity index (χ1) is 21.7. The second-order valence-corrected chi connectivity index (χ2v) is 17.0. The fourth-order valence-electron chi connectivity index (χ4n) is 11.1. The van der Waals surface area contributed by atoms with Gasteiger partial charge in [-0.25, -0.2) is 0 Å². The molecule has 3 saturated carbocycles. The van der Waals surface area contributed by atoms with Crippen LogP contribution in [0.15, 0.2) is 23.5 Å². The summed E-state index contributed by atoms with van der Waals surface area (Å²) in [5.74, 6) is -0.723. The highest BCUT2D eigenvalue weighted by atomic mass is 16.7. The zero-order valence-electron chi connectivity index (χ0n) is 28.8. The molecule has 0 aromatic rings. The van der Waals surface area contributed by atoms with Gasteiger partial charge in [0.05, 0.1) is 24.9 Å². The van der Waals surface area contributed by atoms with Crippen molar-refractivity contribution in [2.45, 2.75) is 136 Å². The molecule has 15 atom stereocenters. The molecule has 4 aliphatic carbocycles. The van der Waals surface area contributed by atoms with Gasteiger partial charge in [0.2, 0.25) is 5.78 Å². The molecule has 0 radical (unpaired) electrons. The van der Waals surface area contributed by atoms with Crippen LogP contribution in [0.25, 0.3) is 0 Å². The number of hydrogen-bond donors (Lipinski definition) is 6. The average molecular weight is 663 g/mol. The highest BCUT2D eigenvalue weighted by molar-refractivity contribution is 6.00. The molecule has 0 bridgehead atoms. The molecule has 47 heavy (non-hydrogen) atoms. The van der Waals surface area contributed by atoms with Gasteiger partial charge in [-0.1, -0.05) is 60.1 Å².